The minimum Gasteiger partial charge on any atom is -0.544 e. The molecule has 0 radical (unpaired) electrons. The molecule has 29 heteroatoms. The second kappa shape index (κ2) is 34.0. The molecule has 23 atom stereocenters. The van der Waals surface area contributed by atoms with Gasteiger partial charge in [0.2, 0.25) is 17.6 Å². The molecule has 0 spiro atoms. The molecule has 23 unspecified atom stereocenters. The van der Waals surface area contributed by atoms with Gasteiger partial charge < -0.3 is 137 Å². The molecule has 21 N–H and O–H groups in total. The van der Waals surface area contributed by atoms with Crippen molar-refractivity contribution in [1.82, 2.24) is 16.8 Å². The topological polar surface area (TPSA) is 498 Å². The zero-order chi connectivity index (χ0) is 57.1. The second-order valence-corrected chi connectivity index (χ2v) is 20.2. The van der Waals surface area contributed by atoms with Crippen LogP contribution in [0.1, 0.15) is 104 Å². The summed E-state index contributed by atoms with van der Waals surface area (Å²) in [5.74, 6) is -7.35. The molecule has 4 saturated heterocycles. The van der Waals surface area contributed by atoms with E-state index in [2.05, 4.69) is 17.6 Å². The predicted molar refractivity (Wildman–Crippen MR) is 266 cm³/mol. The molecule has 4 aliphatic rings. The third kappa shape index (κ3) is 18.9. The minimum atomic E-state index is -3.36. The number of carbonyl (C=O) groups is 3. The number of amides is 2. The van der Waals surface area contributed by atoms with E-state index >= 15 is 0 Å². The van der Waals surface area contributed by atoms with Gasteiger partial charge in [0.15, 0.2) is 18.9 Å². The number of rotatable bonds is 32. The summed E-state index contributed by atoms with van der Waals surface area (Å²) in [6, 6.07) is -4.47. The number of aliphatic carboxylic acids is 1. The van der Waals surface area contributed by atoms with Gasteiger partial charge >= 0.3 is 0 Å². The van der Waals surface area contributed by atoms with Crippen LogP contribution in [0.25, 0.3) is 0 Å². The fraction of sp³-hybridized carbons (Fsp3) is 0.898. The lowest BCUT2D eigenvalue weighted by molar-refractivity contribution is -0.420. The van der Waals surface area contributed by atoms with Crippen LogP contribution in [0.4, 0.5) is 0 Å². The van der Waals surface area contributed by atoms with Gasteiger partial charge in [-0.3, -0.25) is 9.59 Å². The number of aliphatic hydroxyl groups is 13. The smallest absolute Gasteiger partial charge is 0.217 e. The number of nitrogens with two attached hydrogens (primary N) is 1. The first-order valence-electron chi connectivity index (χ1n) is 26.6. The molecule has 0 saturated carbocycles. The van der Waals surface area contributed by atoms with Crippen molar-refractivity contribution in [1.29, 1.82) is 0 Å². The summed E-state index contributed by atoms with van der Waals surface area (Å²) in [5.41, 5.74) is 6.17. The number of hydrogen-bond acceptors (Lipinski definition) is 26. The molecule has 456 valence electrons. The number of carbonyl (C=O) groups excluding carboxylic acids is 3. The van der Waals surface area contributed by atoms with Crippen LogP contribution in [0.5, 0.6) is 0 Å². The normalized spacial score (nSPS) is 37.0. The van der Waals surface area contributed by atoms with Crippen molar-refractivity contribution in [2.45, 2.75) is 245 Å². The first-order valence-corrected chi connectivity index (χ1v) is 26.6. The van der Waals surface area contributed by atoms with Gasteiger partial charge in [0, 0.05) is 20.3 Å². The van der Waals surface area contributed by atoms with Crippen molar-refractivity contribution in [2.24, 2.45) is 5.73 Å². The molecule has 2 amide bonds. The van der Waals surface area contributed by atoms with E-state index in [1.807, 2.05) is 0 Å². The van der Waals surface area contributed by atoms with E-state index in [1.54, 1.807) is 6.08 Å². The number of aliphatic hydroxyl groups excluding tert-OH is 13. The lowest BCUT2D eigenvalue weighted by Gasteiger charge is -2.53. The summed E-state index contributed by atoms with van der Waals surface area (Å²) in [6.07, 6.45) is -21.6. The zero-order valence-electron chi connectivity index (χ0n) is 44.9. The van der Waals surface area contributed by atoms with Crippen LogP contribution in [0.2, 0.25) is 0 Å². The number of quaternary nitrogens is 1. The molecule has 0 aliphatic carbocycles. The number of carboxylic acids is 1. The van der Waals surface area contributed by atoms with E-state index in [9.17, 15) is 85.9 Å². The lowest BCUT2D eigenvalue weighted by atomic mass is 9.88. The molecule has 78 heavy (non-hydrogen) atoms. The summed E-state index contributed by atoms with van der Waals surface area (Å²) >= 11 is 0. The molecule has 0 bridgehead atoms. The Balaban J connectivity index is 0.0000160. The average Bonchev–Trinajstić information content (AvgIpc) is 3.42. The van der Waals surface area contributed by atoms with Gasteiger partial charge in [-0.05, 0) is 12.8 Å². The molecule has 0 aromatic rings. The lowest BCUT2D eigenvalue weighted by Crippen LogP contribution is -2.73. The number of nitrogens with one attached hydrogen (secondary N) is 2. The van der Waals surface area contributed by atoms with Crippen LogP contribution in [0.3, 0.4) is 0 Å². The number of hydrogen-bond donors (Lipinski definition) is 17. The van der Waals surface area contributed by atoms with Crippen LogP contribution in [-0.2, 0) is 52.3 Å². The molecule has 4 fully saturated rings. The maximum Gasteiger partial charge on any atom is 0.217 e. The Hall–Kier alpha value is -2.77. The Kier molecular flexibility index (Phi) is 30.3. The van der Waals surface area contributed by atoms with Gasteiger partial charge in [-0.1, -0.05) is 83.3 Å². The fourth-order valence-electron chi connectivity index (χ4n) is 9.78. The van der Waals surface area contributed by atoms with Gasteiger partial charge in [-0.25, -0.2) is 0 Å². The Bertz CT molecular complexity index is 1780. The van der Waals surface area contributed by atoms with Crippen molar-refractivity contribution >= 4 is 17.8 Å². The molecule has 4 aliphatic heterocycles. The summed E-state index contributed by atoms with van der Waals surface area (Å²) in [4.78, 5) is 37.8. The third-order valence-electron chi connectivity index (χ3n) is 14.1. The maximum absolute atomic E-state index is 13.3. The van der Waals surface area contributed by atoms with Gasteiger partial charge in [0.1, 0.15) is 97.5 Å². The predicted octanol–water partition coefficient (Wildman–Crippen LogP) is -6.24. The summed E-state index contributed by atoms with van der Waals surface area (Å²) in [6.45, 7) is -0.447. The van der Waals surface area contributed by atoms with Crippen molar-refractivity contribution in [3.8, 4) is 0 Å². The van der Waals surface area contributed by atoms with Crippen molar-refractivity contribution in [2.75, 3.05) is 33.0 Å². The van der Waals surface area contributed by atoms with Gasteiger partial charge in [0.05, 0.1) is 57.3 Å². The molecule has 0 aromatic carbocycles. The SMILES string of the molecule is CCCCCCCCCCCCC/C=C/C(O)C(N)COC1OC(CO)C(OC2OC(CO)C(OC3OC(CO)C(O)C(O)C3NC(C)=O)C(OC3(C(=O)[O-])CC(O)C(NC(C)=O)C(C(O)C(O)CO)O3)C2O)C(O)C1O.[NH4+]. The monoisotopic (exact) mass is 1130 g/mol. The van der Waals surface area contributed by atoms with E-state index in [1.165, 1.54) is 57.4 Å². The van der Waals surface area contributed by atoms with Crippen LogP contribution >= 0.6 is 0 Å². The Morgan fingerprint density at radius 3 is 1.76 bits per heavy atom. The highest BCUT2D eigenvalue weighted by Crippen LogP contribution is 2.40. The summed E-state index contributed by atoms with van der Waals surface area (Å²) < 4.78 is 46.6. The molecule has 29 nitrogen and oxygen atoms in total. The average molecular weight is 1140 g/mol. The van der Waals surface area contributed by atoms with Gasteiger partial charge in [0.25, 0.3) is 0 Å². The van der Waals surface area contributed by atoms with Crippen molar-refractivity contribution in [3.63, 3.8) is 0 Å². The number of carboxylic acid groups (broad SMARTS) is 1. The third-order valence-corrected chi connectivity index (χ3v) is 14.1. The Labute approximate surface area is 453 Å². The van der Waals surface area contributed by atoms with Crippen molar-refractivity contribution < 1.29 is 124 Å². The summed E-state index contributed by atoms with van der Waals surface area (Å²) in [7, 11) is 0. The van der Waals surface area contributed by atoms with Gasteiger partial charge in [-0.15, -0.1) is 0 Å². The van der Waals surface area contributed by atoms with E-state index in [-0.39, 0.29) is 6.15 Å². The quantitative estimate of drug-likeness (QED) is 0.0220. The fourth-order valence-corrected chi connectivity index (χ4v) is 9.78. The first-order chi connectivity index (χ1) is 36.6. The van der Waals surface area contributed by atoms with Crippen molar-refractivity contribution in [3.05, 3.63) is 12.2 Å². The number of unbranched alkanes of at least 4 members (excludes halogenated alkanes) is 11. The van der Waals surface area contributed by atoms with Crippen LogP contribution in [0.15, 0.2) is 12.2 Å². The standard InChI is InChI=1S/C49H87N3O25.H3N/c1-4-5-6-7-8-9-10-11-12-13-14-15-16-17-27(59)26(50)23-70-46-39(66)38(65)41(31(21-55)72-46)74-47-40(67)44(42(32(22-56)73-47)75-45-34(52-25(3)58)37(64)36(63)30(20-54)71-45)77-49(48(68)69)18-28(60)33(51-24(2)57)43(76-49)35(62)29(61)19-53;/h16-17,26-47,53-56,59-67H,4-15,18-23,50H2,1-3H3,(H,51,57)(H,52,58)(H,68,69);1H3/b17-16+;. The number of allylic oxidation sites excluding steroid dienone is 1. The molecular weight excluding hydrogens is 1040 g/mol. The molecule has 4 rings (SSSR count). The summed E-state index contributed by atoms with van der Waals surface area (Å²) in [5, 5.41) is 159. The van der Waals surface area contributed by atoms with E-state index in [0.29, 0.717) is 6.42 Å². The Morgan fingerprint density at radius 1 is 0.679 bits per heavy atom. The maximum atomic E-state index is 13.3. The van der Waals surface area contributed by atoms with Crippen LogP contribution in [-0.4, -0.2) is 258 Å². The molecular formula is C49H90N4O25. The minimum absolute atomic E-state index is 0. The highest BCUT2D eigenvalue weighted by atomic mass is 16.8. The Morgan fingerprint density at radius 2 is 1.21 bits per heavy atom. The van der Waals surface area contributed by atoms with E-state index in [4.69, 9.17) is 43.6 Å². The first kappa shape index (κ1) is 69.5. The zero-order valence-corrected chi connectivity index (χ0v) is 44.9. The highest BCUT2D eigenvalue weighted by molar-refractivity contribution is 5.75. The van der Waals surface area contributed by atoms with E-state index < -0.39 is 198 Å². The second-order valence-electron chi connectivity index (χ2n) is 20.2. The number of ether oxygens (including phenoxy) is 8. The molecule has 4 heterocycles. The van der Waals surface area contributed by atoms with Gasteiger partial charge in [-0.2, -0.15) is 0 Å². The molecule has 0 aromatic heterocycles. The van der Waals surface area contributed by atoms with Crippen LogP contribution in [0, 0.1) is 0 Å². The highest BCUT2D eigenvalue weighted by Gasteiger charge is 2.59. The van der Waals surface area contributed by atoms with Crippen LogP contribution < -0.4 is 27.6 Å². The van der Waals surface area contributed by atoms with E-state index in [0.717, 1.165) is 33.1 Å². The largest absolute Gasteiger partial charge is 0.544 e.